The van der Waals surface area contributed by atoms with E-state index in [0.717, 1.165) is 0 Å². The molecule has 39 valence electrons. The molecule has 3 heteroatoms. The highest BCUT2D eigenvalue weighted by Gasteiger charge is 1.86. The van der Waals surface area contributed by atoms with Crippen molar-refractivity contribution in [3.63, 3.8) is 0 Å². The maximum atomic E-state index is 9.48. The minimum absolute atomic E-state index is 1.28. The standard InChI is InChI=1S/C4H6NO2/c1-2-3-5-4(6)7/h2-3,5H,1H3. The van der Waals surface area contributed by atoms with Crippen LogP contribution in [-0.4, -0.2) is 6.09 Å². The van der Waals surface area contributed by atoms with E-state index in [-0.39, 0.29) is 0 Å². The number of amides is 1. The smallest absolute Gasteiger partial charge is 0.295 e. The Morgan fingerprint density at radius 1 is 1.71 bits per heavy atom. The summed E-state index contributed by atoms with van der Waals surface area (Å²) in [6.45, 7) is 1.70. The highest BCUT2D eigenvalue weighted by atomic mass is 16.4. The van der Waals surface area contributed by atoms with Crippen molar-refractivity contribution in [2.24, 2.45) is 0 Å². The lowest BCUT2D eigenvalue weighted by atomic mass is 10.7. The number of rotatable bonds is 1. The van der Waals surface area contributed by atoms with Crippen LogP contribution in [-0.2, 0) is 5.11 Å². The monoisotopic (exact) mass is 100 g/mol. The zero-order chi connectivity index (χ0) is 5.70. The molecule has 3 nitrogen and oxygen atoms in total. The Morgan fingerprint density at radius 2 is 2.29 bits per heavy atom. The fourth-order valence-corrected chi connectivity index (χ4v) is 0.151. The Kier molecular flexibility index (Phi) is 2.76. The normalized spacial score (nSPS) is 9.29. The fraction of sp³-hybridized carbons (Fsp3) is 0.250. The number of nitrogens with one attached hydrogen (secondary N) is 1. The minimum Gasteiger partial charge on any atom is -0.295 e. The summed E-state index contributed by atoms with van der Waals surface area (Å²) in [5, 5.41) is 11.4. The van der Waals surface area contributed by atoms with Gasteiger partial charge in [-0.25, -0.2) is 9.90 Å². The molecule has 0 aromatic rings. The first-order valence-electron chi connectivity index (χ1n) is 1.86. The van der Waals surface area contributed by atoms with Crippen molar-refractivity contribution in [1.82, 2.24) is 5.32 Å². The lowest BCUT2D eigenvalue weighted by Gasteiger charge is -1.80. The molecule has 0 aliphatic heterocycles. The lowest BCUT2D eigenvalue weighted by Crippen LogP contribution is -2.10. The van der Waals surface area contributed by atoms with Crippen LogP contribution in [0, 0.1) is 0 Å². The summed E-state index contributed by atoms with van der Waals surface area (Å²) >= 11 is 0. The number of allylic oxidation sites excluding steroid dienone is 1. The van der Waals surface area contributed by atoms with E-state index < -0.39 is 6.09 Å². The highest BCUT2D eigenvalue weighted by molar-refractivity contribution is 5.65. The molecule has 7 heavy (non-hydrogen) atoms. The number of carbonyl (C=O) groups excluding carboxylic acids is 1. The minimum atomic E-state index is -1.28. The van der Waals surface area contributed by atoms with Gasteiger partial charge in [0.15, 0.2) is 0 Å². The topological polar surface area (TPSA) is 49.0 Å². The van der Waals surface area contributed by atoms with Crippen molar-refractivity contribution in [1.29, 1.82) is 0 Å². The number of hydrogen-bond donors (Lipinski definition) is 1. The van der Waals surface area contributed by atoms with Crippen LogP contribution < -0.4 is 5.32 Å². The van der Waals surface area contributed by atoms with Gasteiger partial charge in [-0.05, 0) is 6.92 Å². The average molecular weight is 100 g/mol. The second kappa shape index (κ2) is 3.21. The Hall–Kier alpha value is -0.990. The van der Waals surface area contributed by atoms with Crippen LogP contribution in [0.2, 0.25) is 0 Å². The molecular weight excluding hydrogens is 94.0 g/mol. The van der Waals surface area contributed by atoms with Crippen molar-refractivity contribution >= 4 is 6.09 Å². The molecule has 0 saturated carbocycles. The highest BCUT2D eigenvalue weighted by Crippen LogP contribution is 1.62. The third-order valence-electron chi connectivity index (χ3n) is 0.368. The molecule has 0 aromatic carbocycles. The summed E-state index contributed by atoms with van der Waals surface area (Å²) in [6.07, 6.45) is 1.57. The molecule has 0 saturated heterocycles. The Labute approximate surface area is 41.7 Å². The van der Waals surface area contributed by atoms with Crippen LogP contribution >= 0.6 is 0 Å². The van der Waals surface area contributed by atoms with Gasteiger partial charge in [0.05, 0.1) is 0 Å². The van der Waals surface area contributed by atoms with E-state index in [1.54, 1.807) is 13.0 Å². The lowest BCUT2D eigenvalue weighted by molar-refractivity contribution is 0.173. The zero-order valence-corrected chi connectivity index (χ0v) is 3.97. The van der Waals surface area contributed by atoms with Gasteiger partial charge < -0.3 is 0 Å². The van der Waals surface area contributed by atoms with Crippen molar-refractivity contribution in [2.45, 2.75) is 6.92 Å². The predicted molar refractivity (Wildman–Crippen MR) is 24.0 cm³/mol. The van der Waals surface area contributed by atoms with Crippen LogP contribution in [0.25, 0.3) is 0 Å². The molecule has 0 heterocycles. The van der Waals surface area contributed by atoms with Gasteiger partial charge in [-0.3, -0.25) is 5.32 Å². The average Bonchev–Trinajstić information content (AvgIpc) is 1.61. The van der Waals surface area contributed by atoms with E-state index in [1.807, 2.05) is 5.32 Å². The molecule has 1 radical (unpaired) electrons. The van der Waals surface area contributed by atoms with E-state index in [4.69, 9.17) is 0 Å². The van der Waals surface area contributed by atoms with Gasteiger partial charge in [-0.15, -0.1) is 0 Å². The van der Waals surface area contributed by atoms with Crippen LogP contribution in [0.3, 0.4) is 0 Å². The fourth-order valence-electron chi connectivity index (χ4n) is 0.151. The molecule has 0 fully saturated rings. The third-order valence-corrected chi connectivity index (χ3v) is 0.368. The first-order valence-corrected chi connectivity index (χ1v) is 1.86. The maximum absolute atomic E-state index is 9.48. The first kappa shape index (κ1) is 6.01. The van der Waals surface area contributed by atoms with E-state index >= 15 is 0 Å². The summed E-state index contributed by atoms with van der Waals surface area (Å²) < 4.78 is 0. The van der Waals surface area contributed by atoms with Crippen molar-refractivity contribution in [2.75, 3.05) is 0 Å². The number of hydrogen-bond acceptors (Lipinski definition) is 1. The second-order valence-corrected chi connectivity index (χ2v) is 0.932. The molecular formula is C4H6NO2. The van der Waals surface area contributed by atoms with Gasteiger partial charge in [0.2, 0.25) is 0 Å². The van der Waals surface area contributed by atoms with Crippen LogP contribution in [0.5, 0.6) is 0 Å². The second-order valence-electron chi connectivity index (χ2n) is 0.932. The van der Waals surface area contributed by atoms with E-state index in [2.05, 4.69) is 0 Å². The molecule has 0 aliphatic rings. The van der Waals surface area contributed by atoms with Crippen molar-refractivity contribution < 1.29 is 9.90 Å². The SMILES string of the molecule is CC=CNC([O])=O. The molecule has 0 atom stereocenters. The summed E-state index contributed by atoms with van der Waals surface area (Å²) in [6, 6.07) is 0. The molecule has 0 aromatic heterocycles. The largest absolute Gasteiger partial charge is 0.454 e. The van der Waals surface area contributed by atoms with E-state index in [1.165, 1.54) is 6.20 Å². The maximum Gasteiger partial charge on any atom is 0.454 e. The van der Waals surface area contributed by atoms with Gasteiger partial charge in [0, 0.05) is 6.20 Å². The molecule has 0 bridgehead atoms. The zero-order valence-electron chi connectivity index (χ0n) is 3.97. The molecule has 0 rings (SSSR count). The molecule has 0 aliphatic carbocycles. The Morgan fingerprint density at radius 3 is 2.43 bits per heavy atom. The van der Waals surface area contributed by atoms with E-state index in [0.29, 0.717) is 0 Å². The van der Waals surface area contributed by atoms with Gasteiger partial charge in [-0.1, -0.05) is 6.08 Å². The summed E-state index contributed by atoms with van der Waals surface area (Å²) in [5.74, 6) is 0. The molecule has 0 spiro atoms. The Bertz CT molecular complexity index is 87.7. The van der Waals surface area contributed by atoms with Crippen LogP contribution in [0.1, 0.15) is 6.92 Å². The predicted octanol–water partition coefficient (Wildman–Crippen LogP) is 0.660. The van der Waals surface area contributed by atoms with Gasteiger partial charge in [0.25, 0.3) is 0 Å². The van der Waals surface area contributed by atoms with Crippen LogP contribution in [0.4, 0.5) is 4.79 Å². The number of carbonyl (C=O) groups is 1. The van der Waals surface area contributed by atoms with Gasteiger partial charge in [-0.2, -0.15) is 0 Å². The summed E-state index contributed by atoms with van der Waals surface area (Å²) in [4.78, 5) is 9.48. The van der Waals surface area contributed by atoms with Gasteiger partial charge in [0.1, 0.15) is 0 Å². The molecule has 1 N–H and O–H groups in total. The third kappa shape index (κ3) is 5.01. The van der Waals surface area contributed by atoms with Gasteiger partial charge >= 0.3 is 6.09 Å². The van der Waals surface area contributed by atoms with Crippen molar-refractivity contribution in [3.05, 3.63) is 12.3 Å². The summed E-state index contributed by atoms with van der Waals surface area (Å²) in [5.41, 5.74) is 0. The van der Waals surface area contributed by atoms with E-state index in [9.17, 15) is 9.90 Å². The van der Waals surface area contributed by atoms with Crippen molar-refractivity contribution in [3.8, 4) is 0 Å². The molecule has 1 amide bonds. The summed E-state index contributed by atoms with van der Waals surface area (Å²) in [7, 11) is 0. The Balaban J connectivity index is 3.14. The first-order chi connectivity index (χ1) is 3.27. The van der Waals surface area contributed by atoms with Crippen LogP contribution in [0.15, 0.2) is 12.3 Å². The molecule has 0 unspecified atom stereocenters. The quantitative estimate of drug-likeness (QED) is 0.517.